The zero-order valence-electron chi connectivity index (χ0n) is 21.6. The van der Waals surface area contributed by atoms with Crippen molar-refractivity contribution in [3.05, 3.63) is 119 Å². The van der Waals surface area contributed by atoms with Gasteiger partial charge in [-0.3, -0.25) is 0 Å². The maximum atomic E-state index is 7.02. The van der Waals surface area contributed by atoms with E-state index in [2.05, 4.69) is 48.5 Å². The molecule has 4 atom stereocenters. The third kappa shape index (κ3) is 4.75. The molecule has 5 nitrogen and oxygen atoms in total. The third-order valence-electron chi connectivity index (χ3n) is 7.22. The second kappa shape index (κ2) is 11.0. The first-order chi connectivity index (χ1) is 18.2. The molecule has 1 fully saturated rings. The highest BCUT2D eigenvalue weighted by Crippen LogP contribution is 2.61. The van der Waals surface area contributed by atoms with Gasteiger partial charge in [-0.1, -0.05) is 60.7 Å². The number of benzene rings is 4. The molecule has 0 spiro atoms. The van der Waals surface area contributed by atoms with E-state index in [1.54, 1.807) is 28.4 Å². The van der Waals surface area contributed by atoms with E-state index in [9.17, 15) is 0 Å². The van der Waals surface area contributed by atoms with E-state index >= 15 is 0 Å². The number of ether oxygens (including phenoxy) is 5. The van der Waals surface area contributed by atoms with Crippen LogP contribution in [0.1, 0.15) is 46.3 Å². The first-order valence-corrected chi connectivity index (χ1v) is 12.4. The molecule has 0 radical (unpaired) electrons. The van der Waals surface area contributed by atoms with Gasteiger partial charge >= 0.3 is 0 Å². The molecular formula is C32H32O5. The number of methoxy groups -OCH3 is 4. The summed E-state index contributed by atoms with van der Waals surface area (Å²) in [4.78, 5) is 0. The van der Waals surface area contributed by atoms with E-state index in [1.807, 2.05) is 48.5 Å². The fourth-order valence-electron chi connectivity index (χ4n) is 5.46. The summed E-state index contributed by atoms with van der Waals surface area (Å²) in [6, 6.07) is 32.7. The normalized spacial score (nSPS) is 20.9. The van der Waals surface area contributed by atoms with Gasteiger partial charge in [0.25, 0.3) is 0 Å². The first kappa shape index (κ1) is 24.7. The highest BCUT2D eigenvalue weighted by Gasteiger charge is 2.49. The van der Waals surface area contributed by atoms with Crippen LogP contribution < -0.4 is 18.9 Å². The van der Waals surface area contributed by atoms with Crippen LogP contribution in [0, 0.1) is 0 Å². The van der Waals surface area contributed by atoms with Crippen molar-refractivity contribution in [3.8, 4) is 23.0 Å². The molecule has 4 aromatic rings. The quantitative estimate of drug-likeness (QED) is 0.260. The Balaban J connectivity index is 1.73. The third-order valence-corrected chi connectivity index (χ3v) is 7.22. The van der Waals surface area contributed by atoms with Crippen molar-refractivity contribution in [3.63, 3.8) is 0 Å². The SMILES string of the molecule is COc1ccc([C@H]2O[C@@H](c3ccc(OC)cc3)[C@H](c3ccccc3OC)[C@@H]2c2ccccc2OC)cc1. The lowest BCUT2D eigenvalue weighted by Crippen LogP contribution is -2.15. The molecule has 0 amide bonds. The molecule has 1 aliphatic heterocycles. The second-order valence-corrected chi connectivity index (χ2v) is 9.06. The molecule has 1 heterocycles. The van der Waals surface area contributed by atoms with Crippen molar-refractivity contribution in [1.29, 1.82) is 0 Å². The minimum absolute atomic E-state index is 0.0482. The topological polar surface area (TPSA) is 46.2 Å². The van der Waals surface area contributed by atoms with Gasteiger partial charge in [0.2, 0.25) is 0 Å². The van der Waals surface area contributed by atoms with Gasteiger partial charge in [-0.2, -0.15) is 0 Å². The molecule has 37 heavy (non-hydrogen) atoms. The Kier molecular flexibility index (Phi) is 7.33. The molecule has 0 N–H and O–H groups in total. The summed E-state index contributed by atoms with van der Waals surface area (Å²) in [5.74, 6) is 3.20. The molecule has 0 unspecified atom stereocenters. The van der Waals surface area contributed by atoms with Crippen LogP contribution in [0.3, 0.4) is 0 Å². The predicted molar refractivity (Wildman–Crippen MR) is 144 cm³/mol. The lowest BCUT2D eigenvalue weighted by molar-refractivity contribution is 0.0364. The van der Waals surface area contributed by atoms with Crippen LogP contribution in [0.2, 0.25) is 0 Å². The average Bonchev–Trinajstić information content (AvgIpc) is 3.37. The molecule has 4 aromatic carbocycles. The Morgan fingerprint density at radius 1 is 0.459 bits per heavy atom. The van der Waals surface area contributed by atoms with E-state index in [0.717, 1.165) is 45.3 Å². The number of hydrogen-bond donors (Lipinski definition) is 0. The van der Waals surface area contributed by atoms with Gasteiger partial charge in [-0.15, -0.1) is 0 Å². The van der Waals surface area contributed by atoms with Gasteiger partial charge in [-0.25, -0.2) is 0 Å². The highest BCUT2D eigenvalue weighted by atomic mass is 16.5. The minimum atomic E-state index is -0.232. The molecule has 0 saturated carbocycles. The van der Waals surface area contributed by atoms with Crippen molar-refractivity contribution in [2.24, 2.45) is 0 Å². The van der Waals surface area contributed by atoms with Gasteiger partial charge in [0.15, 0.2) is 0 Å². The Morgan fingerprint density at radius 3 is 1.19 bits per heavy atom. The molecule has 0 bridgehead atoms. The van der Waals surface area contributed by atoms with Crippen molar-refractivity contribution in [2.45, 2.75) is 24.0 Å². The van der Waals surface area contributed by atoms with Gasteiger partial charge in [0, 0.05) is 23.0 Å². The molecule has 5 heteroatoms. The summed E-state index contributed by atoms with van der Waals surface area (Å²) in [7, 11) is 6.79. The summed E-state index contributed by atoms with van der Waals surface area (Å²) in [6.07, 6.45) is -0.464. The molecule has 0 aliphatic carbocycles. The maximum absolute atomic E-state index is 7.02. The molecule has 0 aromatic heterocycles. The maximum Gasteiger partial charge on any atom is 0.122 e. The molecular weight excluding hydrogens is 464 g/mol. The minimum Gasteiger partial charge on any atom is -0.497 e. The van der Waals surface area contributed by atoms with E-state index in [-0.39, 0.29) is 24.0 Å². The van der Waals surface area contributed by atoms with Crippen molar-refractivity contribution in [2.75, 3.05) is 28.4 Å². The Morgan fingerprint density at radius 2 is 0.838 bits per heavy atom. The smallest absolute Gasteiger partial charge is 0.122 e. The fraction of sp³-hybridized carbons (Fsp3) is 0.250. The number of para-hydroxylation sites is 2. The largest absolute Gasteiger partial charge is 0.497 e. The van der Waals surface area contributed by atoms with Gasteiger partial charge < -0.3 is 23.7 Å². The second-order valence-electron chi connectivity index (χ2n) is 9.06. The van der Waals surface area contributed by atoms with Gasteiger partial charge in [0.1, 0.15) is 23.0 Å². The molecule has 5 rings (SSSR count). The van der Waals surface area contributed by atoms with Crippen molar-refractivity contribution in [1.82, 2.24) is 0 Å². The zero-order valence-corrected chi connectivity index (χ0v) is 21.6. The van der Waals surface area contributed by atoms with E-state index in [4.69, 9.17) is 23.7 Å². The lowest BCUT2D eigenvalue weighted by atomic mass is 9.74. The highest BCUT2D eigenvalue weighted by molar-refractivity contribution is 5.48. The molecule has 1 aliphatic rings. The summed E-state index contributed by atoms with van der Waals surface area (Å²) in [5.41, 5.74) is 4.34. The summed E-state index contributed by atoms with van der Waals surface area (Å²) >= 11 is 0. The summed E-state index contributed by atoms with van der Waals surface area (Å²) in [6.45, 7) is 0. The lowest BCUT2D eigenvalue weighted by Gasteiger charge is -2.28. The Hall–Kier alpha value is -3.96. The van der Waals surface area contributed by atoms with Gasteiger partial charge in [-0.05, 0) is 47.5 Å². The number of hydrogen-bond acceptors (Lipinski definition) is 5. The summed E-state index contributed by atoms with van der Waals surface area (Å²) in [5, 5.41) is 0. The van der Waals surface area contributed by atoms with Crippen LogP contribution in [0.4, 0.5) is 0 Å². The van der Waals surface area contributed by atoms with Crippen LogP contribution in [-0.4, -0.2) is 28.4 Å². The van der Waals surface area contributed by atoms with Crippen LogP contribution >= 0.6 is 0 Å². The first-order valence-electron chi connectivity index (χ1n) is 12.4. The van der Waals surface area contributed by atoms with Crippen LogP contribution in [0.5, 0.6) is 23.0 Å². The average molecular weight is 497 g/mol. The molecule has 1 saturated heterocycles. The fourth-order valence-corrected chi connectivity index (χ4v) is 5.46. The van der Waals surface area contributed by atoms with Crippen LogP contribution in [0.25, 0.3) is 0 Å². The van der Waals surface area contributed by atoms with Crippen molar-refractivity contribution >= 4 is 0 Å². The monoisotopic (exact) mass is 496 g/mol. The standard InChI is InChI=1S/C32H32O5/c1-33-23-17-13-21(14-18-23)31-29(25-9-5-7-11-27(25)35-3)30(26-10-6-8-12-28(26)36-4)32(37-31)22-15-19-24(34-2)20-16-22/h5-20,29-32H,1-4H3/t29-,30+,31+,32-. The Labute approximate surface area is 218 Å². The van der Waals surface area contributed by atoms with Crippen molar-refractivity contribution < 1.29 is 23.7 Å². The van der Waals surface area contributed by atoms with E-state index in [0.29, 0.717) is 0 Å². The van der Waals surface area contributed by atoms with Crippen LogP contribution in [-0.2, 0) is 4.74 Å². The van der Waals surface area contributed by atoms with Crippen LogP contribution in [0.15, 0.2) is 97.1 Å². The van der Waals surface area contributed by atoms with E-state index < -0.39 is 0 Å². The van der Waals surface area contributed by atoms with E-state index in [1.165, 1.54) is 0 Å². The number of rotatable bonds is 8. The summed E-state index contributed by atoms with van der Waals surface area (Å²) < 4.78 is 29.6. The van der Waals surface area contributed by atoms with Gasteiger partial charge in [0.05, 0.1) is 40.6 Å². The molecule has 190 valence electrons. The Bertz CT molecular complexity index is 1210. The predicted octanol–water partition coefficient (Wildman–Crippen LogP) is 7.10. The zero-order chi connectivity index (χ0) is 25.8.